The molecule has 4 rings (SSSR count). The van der Waals surface area contributed by atoms with E-state index in [9.17, 15) is 28.1 Å². The van der Waals surface area contributed by atoms with Gasteiger partial charge in [-0.05, 0) is 31.5 Å². The van der Waals surface area contributed by atoms with Crippen LogP contribution in [0.1, 0.15) is 21.8 Å². The Balaban J connectivity index is 1.49. The highest BCUT2D eigenvalue weighted by atomic mass is 32.1. The van der Waals surface area contributed by atoms with Crippen LogP contribution in [-0.4, -0.2) is 46.0 Å². The Kier molecular flexibility index (Phi) is 5.67. The molecule has 0 aliphatic carbocycles. The first-order chi connectivity index (χ1) is 15.0. The van der Waals surface area contributed by atoms with Gasteiger partial charge in [0.25, 0.3) is 11.2 Å². The summed E-state index contributed by atoms with van der Waals surface area (Å²) in [4.78, 5) is 35.9. The third kappa shape index (κ3) is 4.19. The Morgan fingerprint density at radius 3 is 2.53 bits per heavy atom. The lowest BCUT2D eigenvalue weighted by molar-refractivity contribution is -0.384. The van der Waals surface area contributed by atoms with Crippen LogP contribution in [0.2, 0.25) is 0 Å². The first kappa shape index (κ1) is 22.2. The van der Waals surface area contributed by atoms with E-state index in [0.29, 0.717) is 54.8 Å². The Labute approximate surface area is 184 Å². The fraction of sp³-hybridized carbons (Fsp3) is 0.400. The summed E-state index contributed by atoms with van der Waals surface area (Å²) in [5, 5.41) is 12.0. The average molecular weight is 467 g/mol. The summed E-state index contributed by atoms with van der Waals surface area (Å²) in [5.74, 6) is 0.540. The predicted octanol–water partition coefficient (Wildman–Crippen LogP) is 3.85. The second kappa shape index (κ2) is 8.17. The van der Waals surface area contributed by atoms with Gasteiger partial charge >= 0.3 is 6.18 Å². The van der Waals surface area contributed by atoms with Gasteiger partial charge in [0, 0.05) is 37.1 Å². The van der Waals surface area contributed by atoms with E-state index in [1.807, 2.05) is 18.7 Å². The maximum atomic E-state index is 12.9. The number of aromatic nitrogens is 2. The Bertz CT molecular complexity index is 1250. The van der Waals surface area contributed by atoms with Crippen molar-refractivity contribution in [1.82, 2.24) is 14.9 Å². The maximum Gasteiger partial charge on any atom is 0.416 e. The Morgan fingerprint density at radius 2 is 1.91 bits per heavy atom. The number of rotatable bonds is 4. The second-order valence-electron chi connectivity index (χ2n) is 7.70. The third-order valence-corrected chi connectivity index (χ3v) is 6.78. The number of hydrogen-bond donors (Lipinski definition) is 1. The van der Waals surface area contributed by atoms with Gasteiger partial charge in [-0.2, -0.15) is 13.2 Å². The molecule has 0 radical (unpaired) electrons. The van der Waals surface area contributed by atoms with E-state index in [1.54, 1.807) is 4.90 Å². The third-order valence-electron chi connectivity index (χ3n) is 5.67. The molecule has 0 unspecified atom stereocenters. The van der Waals surface area contributed by atoms with Crippen LogP contribution in [0.4, 0.5) is 24.5 Å². The topological polar surface area (TPSA) is 95.4 Å². The Morgan fingerprint density at radius 1 is 1.22 bits per heavy atom. The molecule has 0 spiro atoms. The van der Waals surface area contributed by atoms with Gasteiger partial charge in [0.15, 0.2) is 0 Å². The highest BCUT2D eigenvalue weighted by Gasteiger charge is 2.34. The van der Waals surface area contributed by atoms with E-state index in [2.05, 4.69) is 9.97 Å². The van der Waals surface area contributed by atoms with Crippen LogP contribution in [0.3, 0.4) is 0 Å². The molecular formula is C20H20F3N5O3S. The highest BCUT2D eigenvalue weighted by Crippen LogP contribution is 2.36. The van der Waals surface area contributed by atoms with Gasteiger partial charge in [-0.25, -0.2) is 4.98 Å². The number of nitrogens with zero attached hydrogens (tertiary/aromatic N) is 4. The van der Waals surface area contributed by atoms with Crippen molar-refractivity contribution in [3.8, 4) is 0 Å². The molecule has 1 aliphatic rings. The predicted molar refractivity (Wildman–Crippen MR) is 115 cm³/mol. The molecule has 32 heavy (non-hydrogen) atoms. The average Bonchev–Trinajstić information content (AvgIpc) is 3.01. The fourth-order valence-corrected chi connectivity index (χ4v) is 4.90. The molecule has 1 aromatic carbocycles. The summed E-state index contributed by atoms with van der Waals surface area (Å²) >= 11 is 1.47. The quantitative estimate of drug-likeness (QED) is 0.463. The van der Waals surface area contributed by atoms with E-state index in [-0.39, 0.29) is 11.2 Å². The van der Waals surface area contributed by atoms with Gasteiger partial charge in [-0.1, -0.05) is 0 Å². The number of thiophene rings is 1. The number of fused-ring (bicyclic) bond motifs is 1. The number of nitrogens with one attached hydrogen (secondary N) is 1. The number of H-pyrrole nitrogens is 1. The van der Waals surface area contributed by atoms with Gasteiger partial charge in [0.05, 0.1) is 22.4 Å². The van der Waals surface area contributed by atoms with E-state index < -0.39 is 22.4 Å². The lowest BCUT2D eigenvalue weighted by Crippen LogP contribution is -2.46. The molecule has 3 heterocycles. The van der Waals surface area contributed by atoms with E-state index >= 15 is 0 Å². The number of nitro groups is 1. The minimum Gasteiger partial charge on any atom is -0.363 e. The van der Waals surface area contributed by atoms with Gasteiger partial charge in [-0.3, -0.25) is 19.8 Å². The molecule has 1 saturated heterocycles. The molecule has 12 heteroatoms. The second-order valence-corrected chi connectivity index (χ2v) is 8.90. The van der Waals surface area contributed by atoms with Crippen LogP contribution < -0.4 is 10.5 Å². The monoisotopic (exact) mass is 467 g/mol. The minimum absolute atomic E-state index is 0.167. The van der Waals surface area contributed by atoms with Crippen LogP contribution >= 0.6 is 11.3 Å². The first-order valence-corrected chi connectivity index (χ1v) is 10.7. The van der Waals surface area contributed by atoms with E-state index in [4.69, 9.17) is 0 Å². The summed E-state index contributed by atoms with van der Waals surface area (Å²) in [6.07, 6.45) is -4.65. The summed E-state index contributed by atoms with van der Waals surface area (Å²) in [6.45, 7) is 6.08. The van der Waals surface area contributed by atoms with Crippen LogP contribution in [-0.2, 0) is 12.7 Å². The number of halogens is 3. The number of nitro benzene ring substituents is 1. The number of benzene rings is 1. The molecule has 0 amide bonds. The number of anilines is 1. The zero-order valence-electron chi connectivity index (χ0n) is 17.3. The SMILES string of the molecule is Cc1sc2nc(CN3CCN(c4ccc(C(F)(F)F)cc4[N+](=O)[O-])CC3)[nH]c(=O)c2c1C. The van der Waals surface area contributed by atoms with Crippen molar-refractivity contribution in [3.63, 3.8) is 0 Å². The lowest BCUT2D eigenvalue weighted by Gasteiger charge is -2.35. The van der Waals surface area contributed by atoms with Crippen molar-refractivity contribution in [1.29, 1.82) is 0 Å². The lowest BCUT2D eigenvalue weighted by atomic mass is 10.1. The van der Waals surface area contributed by atoms with Gasteiger partial charge in [0.1, 0.15) is 16.3 Å². The van der Waals surface area contributed by atoms with Crippen molar-refractivity contribution in [2.75, 3.05) is 31.1 Å². The number of aromatic amines is 1. The normalized spacial score (nSPS) is 15.5. The highest BCUT2D eigenvalue weighted by molar-refractivity contribution is 7.18. The van der Waals surface area contributed by atoms with Gasteiger partial charge in [0.2, 0.25) is 0 Å². The molecule has 0 saturated carbocycles. The van der Waals surface area contributed by atoms with Crippen LogP contribution in [0.25, 0.3) is 10.2 Å². The molecule has 0 atom stereocenters. The van der Waals surface area contributed by atoms with Gasteiger partial charge in [-0.15, -0.1) is 11.3 Å². The Hall–Kier alpha value is -2.99. The molecule has 2 aromatic heterocycles. The maximum absolute atomic E-state index is 12.9. The van der Waals surface area contributed by atoms with Crippen molar-refractivity contribution in [3.05, 3.63) is 60.5 Å². The van der Waals surface area contributed by atoms with Crippen molar-refractivity contribution in [2.24, 2.45) is 0 Å². The smallest absolute Gasteiger partial charge is 0.363 e. The summed E-state index contributed by atoms with van der Waals surface area (Å²) in [5.41, 5.74) is -0.688. The number of hydrogen-bond acceptors (Lipinski definition) is 7. The largest absolute Gasteiger partial charge is 0.416 e. The molecular weight excluding hydrogens is 447 g/mol. The molecule has 0 bridgehead atoms. The summed E-state index contributed by atoms with van der Waals surface area (Å²) in [7, 11) is 0. The number of aryl methyl sites for hydroxylation is 2. The van der Waals surface area contributed by atoms with Crippen LogP contribution in [0, 0.1) is 24.0 Å². The fourth-order valence-electron chi connectivity index (χ4n) is 3.85. The zero-order valence-corrected chi connectivity index (χ0v) is 18.1. The summed E-state index contributed by atoms with van der Waals surface area (Å²) in [6, 6.07) is 2.60. The molecule has 1 aliphatic heterocycles. The number of alkyl halides is 3. The van der Waals surface area contributed by atoms with Crippen LogP contribution in [0.15, 0.2) is 23.0 Å². The zero-order chi connectivity index (χ0) is 23.2. The van der Waals surface area contributed by atoms with Crippen LogP contribution in [0.5, 0.6) is 0 Å². The molecule has 3 aromatic rings. The van der Waals surface area contributed by atoms with Gasteiger partial charge < -0.3 is 9.88 Å². The molecule has 170 valence electrons. The minimum atomic E-state index is -4.65. The molecule has 1 N–H and O–H groups in total. The van der Waals surface area contributed by atoms with E-state index in [1.165, 1.54) is 11.3 Å². The van der Waals surface area contributed by atoms with Crippen molar-refractivity contribution in [2.45, 2.75) is 26.6 Å². The number of piperazine rings is 1. The van der Waals surface area contributed by atoms with Crippen molar-refractivity contribution >= 4 is 32.9 Å². The summed E-state index contributed by atoms with van der Waals surface area (Å²) < 4.78 is 38.8. The van der Waals surface area contributed by atoms with E-state index in [0.717, 1.165) is 22.6 Å². The standard InChI is InChI=1S/C20H20F3N5O3S/c1-11-12(2)32-19-17(11)18(29)24-16(25-19)10-26-5-7-27(8-6-26)14-4-3-13(20(21,22)23)9-15(14)28(30)31/h3-4,9H,5-8,10H2,1-2H3,(H,24,25,29). The molecule has 8 nitrogen and oxygen atoms in total. The molecule has 1 fully saturated rings. The first-order valence-electron chi connectivity index (χ1n) is 9.86. The van der Waals surface area contributed by atoms with Crippen molar-refractivity contribution < 1.29 is 18.1 Å².